The molecule has 0 aliphatic carbocycles. The first kappa shape index (κ1) is 11.6. The smallest absolute Gasteiger partial charge is 0.197 e. The molecule has 0 saturated carbocycles. The van der Waals surface area contributed by atoms with Crippen LogP contribution in [-0.4, -0.2) is 12.1 Å². The standard InChI is InChI=1S/C12H12BrNOS/c1-7-4-5-9(13)6-10(7)11-14-8(2)12(15-3)16-11/h4-6H,1-3H3. The molecule has 0 spiro atoms. The van der Waals surface area contributed by atoms with E-state index in [1.807, 2.05) is 13.0 Å². The zero-order valence-corrected chi connectivity index (χ0v) is 11.8. The first-order valence-electron chi connectivity index (χ1n) is 4.89. The van der Waals surface area contributed by atoms with Crippen molar-refractivity contribution in [3.63, 3.8) is 0 Å². The molecule has 2 aromatic rings. The van der Waals surface area contributed by atoms with E-state index in [1.54, 1.807) is 18.4 Å². The molecule has 0 fully saturated rings. The Morgan fingerprint density at radius 2 is 2.06 bits per heavy atom. The lowest BCUT2D eigenvalue weighted by Gasteiger charge is -2.02. The summed E-state index contributed by atoms with van der Waals surface area (Å²) in [4.78, 5) is 4.53. The zero-order valence-electron chi connectivity index (χ0n) is 9.37. The normalized spacial score (nSPS) is 10.5. The molecular weight excluding hydrogens is 286 g/mol. The molecule has 16 heavy (non-hydrogen) atoms. The van der Waals surface area contributed by atoms with E-state index < -0.39 is 0 Å². The number of aromatic nitrogens is 1. The minimum atomic E-state index is 0.884. The van der Waals surface area contributed by atoms with Gasteiger partial charge >= 0.3 is 0 Å². The fourth-order valence-corrected chi connectivity index (χ4v) is 2.84. The number of rotatable bonds is 2. The van der Waals surface area contributed by atoms with Gasteiger partial charge in [0.1, 0.15) is 5.01 Å². The largest absolute Gasteiger partial charge is 0.486 e. The Balaban J connectivity index is 2.53. The summed E-state index contributed by atoms with van der Waals surface area (Å²) in [6.45, 7) is 4.05. The minimum Gasteiger partial charge on any atom is -0.486 e. The van der Waals surface area contributed by atoms with E-state index in [0.717, 1.165) is 25.8 Å². The summed E-state index contributed by atoms with van der Waals surface area (Å²) < 4.78 is 6.33. The van der Waals surface area contributed by atoms with E-state index >= 15 is 0 Å². The van der Waals surface area contributed by atoms with Gasteiger partial charge in [-0.2, -0.15) is 0 Å². The maximum atomic E-state index is 5.26. The van der Waals surface area contributed by atoms with Crippen LogP contribution in [0.3, 0.4) is 0 Å². The summed E-state index contributed by atoms with van der Waals surface area (Å²) in [5.74, 6) is 0. The van der Waals surface area contributed by atoms with Crippen LogP contribution in [0, 0.1) is 13.8 Å². The van der Waals surface area contributed by atoms with Crippen LogP contribution in [0.1, 0.15) is 11.3 Å². The third-order valence-electron chi connectivity index (χ3n) is 2.37. The predicted molar refractivity (Wildman–Crippen MR) is 71.3 cm³/mol. The van der Waals surface area contributed by atoms with E-state index in [9.17, 15) is 0 Å². The second kappa shape index (κ2) is 4.55. The van der Waals surface area contributed by atoms with Gasteiger partial charge in [0.25, 0.3) is 0 Å². The van der Waals surface area contributed by atoms with Gasteiger partial charge in [-0.3, -0.25) is 0 Å². The van der Waals surface area contributed by atoms with E-state index in [2.05, 4.69) is 40.0 Å². The van der Waals surface area contributed by atoms with Gasteiger partial charge < -0.3 is 4.74 Å². The average Bonchev–Trinajstić information content (AvgIpc) is 2.63. The monoisotopic (exact) mass is 297 g/mol. The molecule has 1 aromatic carbocycles. The number of halogens is 1. The molecule has 0 N–H and O–H groups in total. The van der Waals surface area contributed by atoms with Gasteiger partial charge in [-0.15, -0.1) is 0 Å². The second-order valence-electron chi connectivity index (χ2n) is 3.56. The van der Waals surface area contributed by atoms with Gasteiger partial charge in [-0.05, 0) is 31.5 Å². The van der Waals surface area contributed by atoms with Crippen LogP contribution in [0.15, 0.2) is 22.7 Å². The van der Waals surface area contributed by atoms with Crippen molar-refractivity contribution in [3.05, 3.63) is 33.9 Å². The quantitative estimate of drug-likeness (QED) is 0.829. The number of methoxy groups -OCH3 is 1. The summed E-state index contributed by atoms with van der Waals surface area (Å²) in [5, 5.41) is 1.89. The lowest BCUT2D eigenvalue weighted by Crippen LogP contribution is -1.83. The third-order valence-corrected chi connectivity index (χ3v) is 4.01. The molecule has 2 rings (SSSR count). The van der Waals surface area contributed by atoms with Crippen molar-refractivity contribution in [1.29, 1.82) is 0 Å². The van der Waals surface area contributed by atoms with Crippen molar-refractivity contribution < 1.29 is 4.74 Å². The zero-order chi connectivity index (χ0) is 11.7. The molecule has 0 atom stereocenters. The molecule has 4 heteroatoms. The molecule has 0 radical (unpaired) electrons. The molecule has 84 valence electrons. The van der Waals surface area contributed by atoms with Crippen molar-refractivity contribution in [1.82, 2.24) is 4.98 Å². The Labute approximate surface area is 107 Å². The average molecular weight is 298 g/mol. The lowest BCUT2D eigenvalue weighted by molar-refractivity contribution is 0.423. The fraction of sp³-hybridized carbons (Fsp3) is 0.250. The molecular formula is C12H12BrNOS. The number of benzene rings is 1. The molecule has 0 aliphatic heterocycles. The number of thiazole rings is 1. The van der Waals surface area contributed by atoms with Gasteiger partial charge in [0.05, 0.1) is 12.8 Å². The van der Waals surface area contributed by atoms with E-state index in [-0.39, 0.29) is 0 Å². The van der Waals surface area contributed by atoms with Gasteiger partial charge in [-0.1, -0.05) is 33.3 Å². The van der Waals surface area contributed by atoms with Gasteiger partial charge in [0.15, 0.2) is 5.06 Å². The summed E-state index contributed by atoms with van der Waals surface area (Å²) in [6.07, 6.45) is 0. The molecule has 0 unspecified atom stereocenters. The number of hydrogen-bond donors (Lipinski definition) is 0. The molecule has 1 aromatic heterocycles. The highest BCUT2D eigenvalue weighted by Gasteiger charge is 2.11. The summed E-state index contributed by atoms with van der Waals surface area (Å²) in [7, 11) is 1.68. The number of nitrogens with zero attached hydrogens (tertiary/aromatic N) is 1. The maximum Gasteiger partial charge on any atom is 0.197 e. The first-order chi connectivity index (χ1) is 7.61. The predicted octanol–water partition coefficient (Wildman–Crippen LogP) is 4.20. The first-order valence-corrected chi connectivity index (χ1v) is 6.50. The lowest BCUT2D eigenvalue weighted by atomic mass is 10.1. The van der Waals surface area contributed by atoms with Crippen LogP contribution in [0.5, 0.6) is 5.06 Å². The summed E-state index contributed by atoms with van der Waals surface area (Å²) in [5.41, 5.74) is 3.33. The van der Waals surface area contributed by atoms with Gasteiger partial charge in [-0.25, -0.2) is 4.98 Å². The van der Waals surface area contributed by atoms with Crippen LogP contribution in [0.2, 0.25) is 0 Å². The Hall–Kier alpha value is -0.870. The Morgan fingerprint density at radius 3 is 2.69 bits per heavy atom. The highest BCUT2D eigenvalue weighted by molar-refractivity contribution is 9.10. The molecule has 0 bridgehead atoms. The van der Waals surface area contributed by atoms with E-state index in [4.69, 9.17) is 4.74 Å². The fourth-order valence-electron chi connectivity index (χ4n) is 1.51. The number of ether oxygens (including phenoxy) is 1. The Morgan fingerprint density at radius 1 is 1.31 bits per heavy atom. The maximum absolute atomic E-state index is 5.26. The summed E-state index contributed by atoms with van der Waals surface area (Å²) >= 11 is 5.06. The van der Waals surface area contributed by atoms with Gasteiger partial charge in [0, 0.05) is 10.0 Å². The topological polar surface area (TPSA) is 22.1 Å². The molecule has 0 aliphatic rings. The van der Waals surface area contributed by atoms with Crippen LogP contribution < -0.4 is 4.74 Å². The third kappa shape index (κ3) is 2.13. The van der Waals surface area contributed by atoms with Gasteiger partial charge in [0.2, 0.25) is 0 Å². The van der Waals surface area contributed by atoms with E-state index in [1.165, 1.54) is 5.56 Å². The summed E-state index contributed by atoms with van der Waals surface area (Å²) in [6, 6.07) is 6.21. The second-order valence-corrected chi connectivity index (χ2v) is 5.43. The highest BCUT2D eigenvalue weighted by Crippen LogP contribution is 2.35. The number of hydrogen-bond acceptors (Lipinski definition) is 3. The van der Waals surface area contributed by atoms with Crippen molar-refractivity contribution in [2.45, 2.75) is 13.8 Å². The van der Waals surface area contributed by atoms with Crippen LogP contribution in [-0.2, 0) is 0 Å². The van der Waals surface area contributed by atoms with Crippen molar-refractivity contribution in [2.24, 2.45) is 0 Å². The minimum absolute atomic E-state index is 0.884. The van der Waals surface area contributed by atoms with Crippen molar-refractivity contribution in [2.75, 3.05) is 7.11 Å². The SMILES string of the molecule is COc1sc(-c2cc(Br)ccc2C)nc1C. The molecule has 0 amide bonds. The molecule has 2 nitrogen and oxygen atoms in total. The Bertz CT molecular complexity index is 522. The highest BCUT2D eigenvalue weighted by atomic mass is 79.9. The van der Waals surface area contributed by atoms with E-state index in [0.29, 0.717) is 0 Å². The molecule has 0 saturated heterocycles. The molecule has 1 heterocycles. The van der Waals surface area contributed by atoms with Crippen molar-refractivity contribution in [3.8, 4) is 15.6 Å². The van der Waals surface area contributed by atoms with Crippen LogP contribution >= 0.6 is 27.3 Å². The van der Waals surface area contributed by atoms with Crippen molar-refractivity contribution >= 4 is 27.3 Å². The number of aryl methyl sites for hydroxylation is 2. The van der Waals surface area contributed by atoms with Crippen LogP contribution in [0.4, 0.5) is 0 Å². The van der Waals surface area contributed by atoms with Crippen LogP contribution in [0.25, 0.3) is 10.6 Å². The Kier molecular flexibility index (Phi) is 3.30.